The van der Waals surface area contributed by atoms with Gasteiger partial charge in [-0.3, -0.25) is 9.10 Å². The van der Waals surface area contributed by atoms with Crippen molar-refractivity contribution in [1.82, 2.24) is 5.32 Å². The van der Waals surface area contributed by atoms with Crippen LogP contribution in [0.2, 0.25) is 0 Å². The number of carbonyl (C=O) groups is 1. The Balaban J connectivity index is 1.63. The number of halogens is 1. The van der Waals surface area contributed by atoms with Gasteiger partial charge >= 0.3 is 0 Å². The van der Waals surface area contributed by atoms with Crippen LogP contribution in [0.5, 0.6) is 5.75 Å². The molecule has 8 heteroatoms. The first-order valence-electron chi connectivity index (χ1n) is 10.9. The Morgan fingerprint density at radius 2 is 1.65 bits per heavy atom. The Kier molecular flexibility index (Phi) is 8.38. The predicted octanol–water partition coefficient (Wildman–Crippen LogP) is 5.14. The Hall–Kier alpha value is -2.84. The molecule has 0 aromatic heterocycles. The second-order valence-electron chi connectivity index (χ2n) is 8.78. The van der Waals surface area contributed by atoms with Gasteiger partial charge < -0.3 is 10.1 Å². The van der Waals surface area contributed by atoms with E-state index >= 15 is 0 Å². The van der Waals surface area contributed by atoms with E-state index in [1.54, 1.807) is 42.5 Å². The van der Waals surface area contributed by atoms with Crippen molar-refractivity contribution in [3.05, 3.63) is 88.9 Å². The Morgan fingerprint density at radius 3 is 2.26 bits per heavy atom. The number of nitrogens with zero attached hydrogens (tertiary/aromatic N) is 1. The van der Waals surface area contributed by atoms with Gasteiger partial charge in [0.25, 0.3) is 10.0 Å². The third-order valence-electron chi connectivity index (χ3n) is 5.13. The summed E-state index contributed by atoms with van der Waals surface area (Å²) in [6, 6.07) is 22.8. The maximum Gasteiger partial charge on any atom is 0.264 e. The van der Waals surface area contributed by atoms with Gasteiger partial charge in [-0.2, -0.15) is 0 Å². The van der Waals surface area contributed by atoms with E-state index in [4.69, 9.17) is 4.74 Å². The van der Waals surface area contributed by atoms with E-state index in [0.29, 0.717) is 15.9 Å². The fourth-order valence-electron chi connectivity index (χ4n) is 3.26. The molecule has 0 bridgehead atoms. The van der Waals surface area contributed by atoms with Crippen LogP contribution in [-0.2, 0) is 20.2 Å². The average Bonchev–Trinajstić information content (AvgIpc) is 2.80. The molecule has 3 aromatic carbocycles. The van der Waals surface area contributed by atoms with Crippen molar-refractivity contribution in [3.63, 3.8) is 0 Å². The lowest BCUT2D eigenvalue weighted by atomic mass is 9.87. The molecule has 0 radical (unpaired) electrons. The van der Waals surface area contributed by atoms with Gasteiger partial charge in [0.05, 0.1) is 17.1 Å². The van der Waals surface area contributed by atoms with Crippen molar-refractivity contribution in [2.24, 2.45) is 0 Å². The molecule has 180 valence electrons. The van der Waals surface area contributed by atoms with Crippen LogP contribution in [0.25, 0.3) is 0 Å². The van der Waals surface area contributed by atoms with Crippen molar-refractivity contribution >= 4 is 37.5 Å². The molecule has 0 heterocycles. The summed E-state index contributed by atoms with van der Waals surface area (Å²) in [5.74, 6) is 0.288. The lowest BCUT2D eigenvalue weighted by Gasteiger charge is -2.24. The number of rotatable bonds is 9. The Labute approximate surface area is 210 Å². The van der Waals surface area contributed by atoms with Gasteiger partial charge in [0.1, 0.15) is 18.9 Å². The van der Waals surface area contributed by atoms with Gasteiger partial charge in [-0.25, -0.2) is 8.42 Å². The summed E-state index contributed by atoms with van der Waals surface area (Å²) in [5, 5.41) is 2.75. The molecule has 0 unspecified atom stereocenters. The number of hydrogen-bond donors (Lipinski definition) is 1. The first-order chi connectivity index (χ1) is 16.1. The standard InChI is InChI=1S/C26H29BrN2O4S/c1-26(2,3)20-12-14-23(15-13-20)33-17-16-28-25(30)19-29(22-9-7-8-21(27)18-22)34(31,32)24-10-5-4-6-11-24/h4-15,18H,16-17,19H2,1-3H3,(H,28,30). The summed E-state index contributed by atoms with van der Waals surface area (Å²) in [5.41, 5.74) is 1.66. The molecular formula is C26H29BrN2O4S. The van der Waals surface area contributed by atoms with Crippen LogP contribution in [0.4, 0.5) is 5.69 Å². The maximum atomic E-state index is 13.3. The number of carbonyl (C=O) groups excluding carboxylic acids is 1. The lowest BCUT2D eigenvalue weighted by molar-refractivity contribution is -0.119. The fourth-order valence-corrected chi connectivity index (χ4v) is 5.08. The van der Waals surface area contributed by atoms with Crippen molar-refractivity contribution in [2.45, 2.75) is 31.1 Å². The van der Waals surface area contributed by atoms with E-state index in [-0.39, 0.29) is 30.0 Å². The highest BCUT2D eigenvalue weighted by molar-refractivity contribution is 9.10. The number of hydrogen-bond acceptors (Lipinski definition) is 4. The molecule has 0 saturated carbocycles. The Morgan fingerprint density at radius 1 is 0.971 bits per heavy atom. The van der Waals surface area contributed by atoms with Gasteiger partial charge in [0, 0.05) is 4.47 Å². The van der Waals surface area contributed by atoms with Gasteiger partial charge in [-0.1, -0.05) is 73.1 Å². The van der Waals surface area contributed by atoms with E-state index in [0.717, 1.165) is 4.31 Å². The summed E-state index contributed by atoms with van der Waals surface area (Å²) in [6.07, 6.45) is 0. The zero-order chi connectivity index (χ0) is 24.8. The van der Waals surface area contributed by atoms with Gasteiger partial charge in [0.2, 0.25) is 5.91 Å². The normalized spacial score (nSPS) is 11.6. The van der Waals surface area contributed by atoms with Crippen LogP contribution < -0.4 is 14.4 Å². The molecule has 0 aliphatic carbocycles. The molecule has 0 spiro atoms. The number of amides is 1. The third kappa shape index (κ3) is 6.84. The minimum absolute atomic E-state index is 0.0623. The molecule has 6 nitrogen and oxygen atoms in total. The SMILES string of the molecule is CC(C)(C)c1ccc(OCCNC(=O)CN(c2cccc(Br)c2)S(=O)(=O)c2ccccc2)cc1. The molecular weight excluding hydrogens is 516 g/mol. The largest absolute Gasteiger partial charge is 0.492 e. The Bertz CT molecular complexity index is 1210. The third-order valence-corrected chi connectivity index (χ3v) is 7.41. The molecule has 0 aliphatic heterocycles. The zero-order valence-electron chi connectivity index (χ0n) is 19.5. The van der Waals surface area contributed by atoms with Crippen LogP contribution in [-0.4, -0.2) is 34.0 Å². The van der Waals surface area contributed by atoms with Gasteiger partial charge in [-0.05, 0) is 53.4 Å². The monoisotopic (exact) mass is 544 g/mol. The summed E-state index contributed by atoms with van der Waals surface area (Å²) in [6.45, 7) is 6.60. The van der Waals surface area contributed by atoms with Gasteiger partial charge in [0.15, 0.2) is 0 Å². The molecule has 0 saturated heterocycles. The quantitative estimate of drug-likeness (QED) is 0.378. The van der Waals surface area contributed by atoms with E-state index in [9.17, 15) is 13.2 Å². The van der Waals surface area contributed by atoms with Crippen LogP contribution in [0.1, 0.15) is 26.3 Å². The van der Waals surface area contributed by atoms with E-state index in [1.807, 2.05) is 24.3 Å². The number of benzene rings is 3. The number of anilines is 1. The highest BCUT2D eigenvalue weighted by Gasteiger charge is 2.27. The first-order valence-corrected chi connectivity index (χ1v) is 13.1. The molecule has 1 amide bonds. The van der Waals surface area contributed by atoms with E-state index in [2.05, 4.69) is 42.0 Å². The molecule has 3 rings (SSSR count). The molecule has 3 aromatic rings. The predicted molar refractivity (Wildman–Crippen MR) is 139 cm³/mol. The molecule has 34 heavy (non-hydrogen) atoms. The topological polar surface area (TPSA) is 75.7 Å². The first kappa shape index (κ1) is 25.8. The number of nitrogens with one attached hydrogen (secondary N) is 1. The summed E-state index contributed by atoms with van der Waals surface area (Å²) in [7, 11) is -3.94. The van der Waals surface area contributed by atoms with Crippen LogP contribution in [0, 0.1) is 0 Å². The van der Waals surface area contributed by atoms with Crippen molar-refractivity contribution < 1.29 is 17.9 Å². The number of ether oxygens (including phenoxy) is 1. The number of sulfonamides is 1. The summed E-state index contributed by atoms with van der Waals surface area (Å²) >= 11 is 3.37. The van der Waals surface area contributed by atoms with Gasteiger partial charge in [-0.15, -0.1) is 0 Å². The summed E-state index contributed by atoms with van der Waals surface area (Å²) in [4.78, 5) is 12.8. The van der Waals surface area contributed by atoms with Crippen molar-refractivity contribution in [3.8, 4) is 5.75 Å². The lowest BCUT2D eigenvalue weighted by Crippen LogP contribution is -2.41. The highest BCUT2D eigenvalue weighted by atomic mass is 79.9. The smallest absolute Gasteiger partial charge is 0.264 e. The molecule has 0 atom stereocenters. The second-order valence-corrected chi connectivity index (χ2v) is 11.6. The van der Waals surface area contributed by atoms with E-state index < -0.39 is 15.9 Å². The zero-order valence-corrected chi connectivity index (χ0v) is 21.9. The molecule has 0 fully saturated rings. The summed E-state index contributed by atoms with van der Waals surface area (Å²) < 4.78 is 34.1. The van der Waals surface area contributed by atoms with Crippen molar-refractivity contribution in [1.29, 1.82) is 0 Å². The second kappa shape index (κ2) is 11.1. The minimum Gasteiger partial charge on any atom is -0.492 e. The minimum atomic E-state index is -3.94. The van der Waals surface area contributed by atoms with Crippen LogP contribution in [0.15, 0.2) is 88.2 Å². The van der Waals surface area contributed by atoms with Crippen LogP contribution in [0.3, 0.4) is 0 Å². The average molecular weight is 545 g/mol. The molecule has 1 N–H and O–H groups in total. The van der Waals surface area contributed by atoms with Crippen LogP contribution >= 0.6 is 15.9 Å². The van der Waals surface area contributed by atoms with Crippen molar-refractivity contribution in [2.75, 3.05) is 24.0 Å². The maximum absolute atomic E-state index is 13.3. The fraction of sp³-hybridized carbons (Fsp3) is 0.269. The highest BCUT2D eigenvalue weighted by Crippen LogP contribution is 2.26. The van der Waals surface area contributed by atoms with E-state index in [1.165, 1.54) is 17.7 Å². The molecule has 0 aliphatic rings.